The van der Waals surface area contributed by atoms with E-state index in [4.69, 9.17) is 9.84 Å². The number of carboxylic acids is 1. The highest BCUT2D eigenvalue weighted by Crippen LogP contribution is 2.34. The van der Waals surface area contributed by atoms with Gasteiger partial charge in [-0.3, -0.25) is 19.6 Å². The molecule has 44 heavy (non-hydrogen) atoms. The zero-order valence-corrected chi connectivity index (χ0v) is 24.4. The van der Waals surface area contributed by atoms with E-state index < -0.39 is 5.97 Å². The van der Waals surface area contributed by atoms with Crippen LogP contribution in [0.15, 0.2) is 120 Å². The number of benzene rings is 4. The van der Waals surface area contributed by atoms with Crippen LogP contribution in [0.2, 0.25) is 0 Å². The Kier molecular flexibility index (Phi) is 11.9. The van der Waals surface area contributed by atoms with E-state index in [1.165, 1.54) is 7.11 Å². The summed E-state index contributed by atoms with van der Waals surface area (Å²) >= 11 is 3.54. The number of aliphatic carboxylic acids is 1. The Bertz CT molecular complexity index is 1880. The molecule has 0 amide bonds. The lowest BCUT2D eigenvalue weighted by Gasteiger charge is -2.13. The Balaban J connectivity index is 0.000000231. The van der Waals surface area contributed by atoms with E-state index >= 15 is 0 Å². The molecule has 0 atom stereocenters. The summed E-state index contributed by atoms with van der Waals surface area (Å²) in [7, 11) is 1.40. The maximum Gasteiger partial charge on any atom is 0.310 e. The quantitative estimate of drug-likeness (QED) is 0.181. The Morgan fingerprint density at radius 1 is 0.682 bits per heavy atom. The van der Waals surface area contributed by atoms with Gasteiger partial charge in [-0.15, -0.1) is 0 Å². The Labute approximate surface area is 266 Å². The van der Waals surface area contributed by atoms with Crippen molar-refractivity contribution in [1.82, 2.24) is 9.97 Å². The Hall–Kier alpha value is -4.88. The summed E-state index contributed by atoms with van der Waals surface area (Å²) in [4.78, 5) is 31.6. The van der Waals surface area contributed by atoms with Crippen LogP contribution in [0.1, 0.15) is 26.0 Å². The number of para-hydroxylation sites is 2. The van der Waals surface area contributed by atoms with Crippen LogP contribution < -0.4 is 0 Å². The summed E-state index contributed by atoms with van der Waals surface area (Å²) in [6.45, 7) is 0. The van der Waals surface area contributed by atoms with Gasteiger partial charge in [0.1, 0.15) is 0 Å². The van der Waals surface area contributed by atoms with Gasteiger partial charge in [-0.05, 0) is 61.4 Å². The standard InChI is InChI=1S/C18H14BrNO2.C17H13NO2.2CH4/c1-22-16(21)10-13-11-20-18-14(8-5-9-15(18)19)17(13)12-6-3-2-4-7-12;19-16(20)10-13-11-18-15-9-5-4-8-14(15)17(13)12-6-2-1-3-7-12;;/h2-9,11H,10H2,1H3;1-9,11H,10H2,(H,19,20);2*1H4. The van der Waals surface area contributed by atoms with Crippen LogP contribution in [0.3, 0.4) is 0 Å². The van der Waals surface area contributed by atoms with E-state index in [1.54, 1.807) is 12.4 Å². The minimum absolute atomic E-state index is 0. The molecule has 0 spiro atoms. The van der Waals surface area contributed by atoms with Crippen molar-refractivity contribution in [3.05, 3.63) is 131 Å². The molecule has 0 bridgehead atoms. The van der Waals surface area contributed by atoms with Gasteiger partial charge >= 0.3 is 11.9 Å². The maximum absolute atomic E-state index is 11.7. The van der Waals surface area contributed by atoms with E-state index in [0.717, 1.165) is 59.7 Å². The van der Waals surface area contributed by atoms with E-state index in [9.17, 15) is 9.59 Å². The number of carbonyl (C=O) groups is 2. The molecular formula is C37H35BrN2O4. The summed E-state index contributed by atoms with van der Waals surface area (Å²) in [5, 5.41) is 11.1. The molecule has 0 radical (unpaired) electrons. The minimum Gasteiger partial charge on any atom is -0.481 e. The molecule has 4 aromatic carbocycles. The number of nitrogens with zero attached hydrogens (tertiary/aromatic N) is 2. The van der Waals surface area contributed by atoms with Gasteiger partial charge in [-0.2, -0.15) is 0 Å². The number of pyridine rings is 2. The van der Waals surface area contributed by atoms with Crippen LogP contribution in [0, 0.1) is 0 Å². The average Bonchev–Trinajstić information content (AvgIpc) is 3.02. The third kappa shape index (κ3) is 7.54. The lowest BCUT2D eigenvalue weighted by molar-refractivity contribution is -0.140. The normalized spacial score (nSPS) is 10.1. The van der Waals surface area contributed by atoms with Crippen molar-refractivity contribution in [2.75, 3.05) is 7.11 Å². The fraction of sp³-hybridized carbons (Fsp3) is 0.135. The zero-order chi connectivity index (χ0) is 29.5. The van der Waals surface area contributed by atoms with Gasteiger partial charge in [0.05, 0.1) is 31.0 Å². The first-order valence-corrected chi connectivity index (χ1v) is 14.1. The van der Waals surface area contributed by atoms with Crippen LogP contribution >= 0.6 is 15.9 Å². The van der Waals surface area contributed by atoms with Gasteiger partial charge in [0.15, 0.2) is 0 Å². The van der Waals surface area contributed by atoms with Crippen molar-refractivity contribution in [2.24, 2.45) is 0 Å². The molecule has 0 fully saturated rings. The summed E-state index contributed by atoms with van der Waals surface area (Å²) in [5.74, 6) is -1.12. The first kappa shape index (κ1) is 33.6. The molecule has 2 aromatic heterocycles. The third-order valence-electron chi connectivity index (χ3n) is 6.81. The van der Waals surface area contributed by atoms with Crippen LogP contribution in [0.4, 0.5) is 0 Å². The van der Waals surface area contributed by atoms with E-state index in [1.807, 2.05) is 103 Å². The van der Waals surface area contributed by atoms with Gasteiger partial charge in [0.2, 0.25) is 0 Å². The van der Waals surface area contributed by atoms with Gasteiger partial charge in [0, 0.05) is 27.6 Å². The second-order valence-electron chi connectivity index (χ2n) is 9.53. The van der Waals surface area contributed by atoms with Crippen LogP contribution in [0.5, 0.6) is 0 Å². The highest BCUT2D eigenvalue weighted by Gasteiger charge is 2.16. The second kappa shape index (κ2) is 15.5. The van der Waals surface area contributed by atoms with Crippen molar-refractivity contribution in [2.45, 2.75) is 27.7 Å². The summed E-state index contributed by atoms with van der Waals surface area (Å²) in [5.41, 5.74) is 7.42. The molecule has 1 N–H and O–H groups in total. The summed E-state index contributed by atoms with van der Waals surface area (Å²) in [6, 6.07) is 33.6. The molecule has 6 aromatic rings. The molecule has 0 unspecified atom stereocenters. The highest BCUT2D eigenvalue weighted by molar-refractivity contribution is 9.10. The van der Waals surface area contributed by atoms with Gasteiger partial charge in [-0.25, -0.2) is 0 Å². The number of fused-ring (bicyclic) bond motifs is 2. The average molecular weight is 652 g/mol. The number of rotatable bonds is 6. The van der Waals surface area contributed by atoms with Crippen LogP contribution in [-0.2, 0) is 27.2 Å². The van der Waals surface area contributed by atoms with Crippen LogP contribution in [0.25, 0.3) is 44.1 Å². The van der Waals surface area contributed by atoms with Crippen molar-refractivity contribution in [3.8, 4) is 22.3 Å². The maximum atomic E-state index is 11.7. The lowest BCUT2D eigenvalue weighted by Crippen LogP contribution is -2.06. The fourth-order valence-electron chi connectivity index (χ4n) is 4.96. The molecular weight excluding hydrogens is 616 g/mol. The number of ether oxygens (including phenoxy) is 1. The molecule has 224 valence electrons. The van der Waals surface area contributed by atoms with Gasteiger partial charge in [-0.1, -0.05) is 106 Å². The number of hydrogen-bond donors (Lipinski definition) is 1. The van der Waals surface area contributed by atoms with Crippen molar-refractivity contribution in [1.29, 1.82) is 0 Å². The number of aromatic nitrogens is 2. The first-order chi connectivity index (χ1) is 20.5. The van der Waals surface area contributed by atoms with E-state index in [0.29, 0.717) is 0 Å². The predicted molar refractivity (Wildman–Crippen MR) is 183 cm³/mol. The Morgan fingerprint density at radius 2 is 1.20 bits per heavy atom. The molecule has 0 aliphatic rings. The molecule has 2 heterocycles. The van der Waals surface area contributed by atoms with Gasteiger partial charge < -0.3 is 9.84 Å². The fourth-order valence-corrected chi connectivity index (χ4v) is 5.43. The van der Waals surface area contributed by atoms with Crippen molar-refractivity contribution in [3.63, 3.8) is 0 Å². The number of carboxylic acid groups (broad SMARTS) is 1. The second-order valence-corrected chi connectivity index (χ2v) is 10.4. The monoisotopic (exact) mass is 650 g/mol. The predicted octanol–water partition coefficient (Wildman–Crippen LogP) is 9.18. The Morgan fingerprint density at radius 3 is 1.82 bits per heavy atom. The first-order valence-electron chi connectivity index (χ1n) is 13.3. The van der Waals surface area contributed by atoms with Gasteiger partial charge in [0.25, 0.3) is 0 Å². The van der Waals surface area contributed by atoms with Crippen LogP contribution in [-0.4, -0.2) is 34.1 Å². The molecule has 0 saturated heterocycles. The largest absolute Gasteiger partial charge is 0.481 e. The zero-order valence-electron chi connectivity index (χ0n) is 22.8. The topological polar surface area (TPSA) is 89.4 Å². The van der Waals surface area contributed by atoms with Crippen molar-refractivity contribution < 1.29 is 19.4 Å². The number of esters is 1. The molecule has 7 heteroatoms. The van der Waals surface area contributed by atoms with E-state index in [2.05, 4.69) is 25.9 Å². The highest BCUT2D eigenvalue weighted by atomic mass is 79.9. The number of carbonyl (C=O) groups excluding carboxylic acids is 1. The number of hydrogen-bond acceptors (Lipinski definition) is 5. The number of halogens is 1. The summed E-state index contributed by atoms with van der Waals surface area (Å²) in [6.07, 6.45) is 3.60. The molecule has 6 rings (SSSR count). The number of methoxy groups -OCH3 is 1. The molecule has 0 saturated carbocycles. The smallest absolute Gasteiger partial charge is 0.310 e. The molecule has 0 aliphatic heterocycles. The van der Waals surface area contributed by atoms with E-state index in [-0.39, 0.29) is 33.7 Å². The minimum atomic E-state index is -0.848. The summed E-state index contributed by atoms with van der Waals surface area (Å²) < 4.78 is 5.74. The SMILES string of the molecule is C.C.COC(=O)Cc1cnc2c(Br)cccc2c1-c1ccccc1.O=C(O)Cc1cnc2ccccc2c1-c1ccccc1. The molecule has 6 nitrogen and oxygen atoms in total. The lowest BCUT2D eigenvalue weighted by atomic mass is 9.95. The molecule has 0 aliphatic carbocycles. The third-order valence-corrected chi connectivity index (χ3v) is 7.45. The van der Waals surface area contributed by atoms with Crippen molar-refractivity contribution >= 4 is 49.7 Å².